The van der Waals surface area contributed by atoms with Gasteiger partial charge in [-0.3, -0.25) is 0 Å². The monoisotopic (exact) mass is 352 g/mol. The first-order chi connectivity index (χ1) is 9.97. The minimum Gasteiger partial charge on any atom is -0.473 e. The van der Waals surface area contributed by atoms with E-state index >= 15 is 0 Å². The van der Waals surface area contributed by atoms with Crippen molar-refractivity contribution in [3.8, 4) is 5.88 Å². The first-order valence-electron chi connectivity index (χ1n) is 6.80. The summed E-state index contributed by atoms with van der Waals surface area (Å²) in [6.07, 6.45) is 1.75. The van der Waals surface area contributed by atoms with Crippen molar-refractivity contribution < 1.29 is 9.13 Å². The molecular weight excluding hydrogens is 335 g/mol. The van der Waals surface area contributed by atoms with Crippen LogP contribution in [0.2, 0.25) is 0 Å². The second-order valence-electron chi connectivity index (χ2n) is 5.06. The molecule has 112 valence electrons. The molecule has 0 saturated carbocycles. The van der Waals surface area contributed by atoms with Crippen molar-refractivity contribution in [2.24, 2.45) is 0 Å². The molecule has 0 bridgehead atoms. The lowest BCUT2D eigenvalue weighted by molar-refractivity contribution is 0.234. The molecular formula is C16H18BrFN2O. The SMILES string of the molecule is CC(C)Oc1ncccc1NC(C)c1ccc(F)c(Br)c1. The third-order valence-electron chi connectivity index (χ3n) is 2.93. The molecule has 0 fully saturated rings. The fourth-order valence-electron chi connectivity index (χ4n) is 1.92. The largest absolute Gasteiger partial charge is 0.473 e. The van der Waals surface area contributed by atoms with E-state index in [0.29, 0.717) is 10.4 Å². The summed E-state index contributed by atoms with van der Waals surface area (Å²) in [6, 6.07) is 8.75. The van der Waals surface area contributed by atoms with E-state index in [1.165, 1.54) is 6.07 Å². The van der Waals surface area contributed by atoms with Gasteiger partial charge in [0, 0.05) is 12.2 Å². The van der Waals surface area contributed by atoms with Crippen molar-refractivity contribution >= 4 is 21.6 Å². The molecule has 0 aliphatic rings. The third kappa shape index (κ3) is 4.17. The van der Waals surface area contributed by atoms with Crippen LogP contribution in [0.25, 0.3) is 0 Å². The molecule has 1 aromatic carbocycles. The molecule has 2 aromatic rings. The highest BCUT2D eigenvalue weighted by atomic mass is 79.9. The van der Waals surface area contributed by atoms with Crippen molar-refractivity contribution in [1.82, 2.24) is 4.98 Å². The molecule has 1 heterocycles. The predicted molar refractivity (Wildman–Crippen MR) is 86.1 cm³/mol. The van der Waals surface area contributed by atoms with Gasteiger partial charge in [-0.05, 0) is 66.5 Å². The van der Waals surface area contributed by atoms with Crippen molar-refractivity contribution in [2.75, 3.05) is 5.32 Å². The molecule has 0 aliphatic heterocycles. The number of rotatable bonds is 5. The first-order valence-corrected chi connectivity index (χ1v) is 7.60. The zero-order chi connectivity index (χ0) is 15.4. The van der Waals surface area contributed by atoms with Crippen LogP contribution in [0.5, 0.6) is 5.88 Å². The number of hydrogen-bond donors (Lipinski definition) is 1. The number of hydrogen-bond acceptors (Lipinski definition) is 3. The Morgan fingerprint density at radius 3 is 2.67 bits per heavy atom. The standard InChI is InChI=1S/C16H18BrFN2O/c1-10(2)21-16-15(5-4-8-19-16)20-11(3)12-6-7-14(18)13(17)9-12/h4-11,20H,1-3H3. The molecule has 0 saturated heterocycles. The summed E-state index contributed by atoms with van der Waals surface area (Å²) >= 11 is 3.21. The number of halogens is 2. The van der Waals surface area contributed by atoms with E-state index < -0.39 is 0 Å². The van der Waals surface area contributed by atoms with Crippen molar-refractivity contribution in [3.05, 3.63) is 52.4 Å². The molecule has 21 heavy (non-hydrogen) atoms. The third-order valence-corrected chi connectivity index (χ3v) is 3.54. The van der Waals surface area contributed by atoms with Crippen molar-refractivity contribution in [3.63, 3.8) is 0 Å². The van der Waals surface area contributed by atoms with Gasteiger partial charge in [0.1, 0.15) is 5.82 Å². The molecule has 0 aliphatic carbocycles. The van der Waals surface area contributed by atoms with Gasteiger partial charge < -0.3 is 10.1 Å². The van der Waals surface area contributed by atoms with Gasteiger partial charge in [-0.25, -0.2) is 9.37 Å². The lowest BCUT2D eigenvalue weighted by atomic mass is 10.1. The van der Waals surface area contributed by atoms with Crippen molar-refractivity contribution in [2.45, 2.75) is 32.9 Å². The Bertz CT molecular complexity index is 619. The van der Waals surface area contributed by atoms with Crippen LogP contribution in [-0.4, -0.2) is 11.1 Å². The fourth-order valence-corrected chi connectivity index (χ4v) is 2.31. The lowest BCUT2D eigenvalue weighted by Crippen LogP contribution is -2.12. The van der Waals surface area contributed by atoms with Crippen LogP contribution in [0.15, 0.2) is 41.0 Å². The summed E-state index contributed by atoms with van der Waals surface area (Å²) in [5, 5.41) is 3.35. The van der Waals surface area contributed by atoms with E-state index in [-0.39, 0.29) is 18.0 Å². The minimum absolute atomic E-state index is 0.000567. The molecule has 1 aromatic heterocycles. The van der Waals surface area contributed by atoms with E-state index in [9.17, 15) is 4.39 Å². The number of nitrogens with one attached hydrogen (secondary N) is 1. The highest BCUT2D eigenvalue weighted by molar-refractivity contribution is 9.10. The molecule has 0 radical (unpaired) electrons. The summed E-state index contributed by atoms with van der Waals surface area (Å²) in [7, 11) is 0. The van der Waals surface area contributed by atoms with Gasteiger partial charge in [-0.1, -0.05) is 6.07 Å². The summed E-state index contributed by atoms with van der Waals surface area (Å²) in [6.45, 7) is 5.92. The Morgan fingerprint density at radius 1 is 1.24 bits per heavy atom. The van der Waals surface area contributed by atoms with E-state index in [0.717, 1.165) is 11.3 Å². The molecule has 2 rings (SSSR count). The van der Waals surface area contributed by atoms with Crippen LogP contribution in [0.1, 0.15) is 32.4 Å². The summed E-state index contributed by atoms with van der Waals surface area (Å²) in [4.78, 5) is 4.24. The van der Waals surface area contributed by atoms with Crippen LogP contribution >= 0.6 is 15.9 Å². The molecule has 3 nitrogen and oxygen atoms in total. The zero-order valence-corrected chi connectivity index (χ0v) is 13.8. The second kappa shape index (κ2) is 6.89. The maximum Gasteiger partial charge on any atom is 0.237 e. The summed E-state index contributed by atoms with van der Waals surface area (Å²) in [5.74, 6) is 0.302. The smallest absolute Gasteiger partial charge is 0.237 e. The van der Waals surface area contributed by atoms with Crippen LogP contribution in [0.3, 0.4) is 0 Å². The van der Waals surface area contributed by atoms with Crippen LogP contribution in [-0.2, 0) is 0 Å². The maximum atomic E-state index is 13.3. The van der Waals surface area contributed by atoms with Crippen LogP contribution < -0.4 is 10.1 Å². The normalized spacial score (nSPS) is 12.3. The Balaban J connectivity index is 2.19. The zero-order valence-electron chi connectivity index (χ0n) is 12.2. The van der Waals surface area contributed by atoms with Gasteiger partial charge in [0.15, 0.2) is 0 Å². The van der Waals surface area contributed by atoms with Gasteiger partial charge in [-0.15, -0.1) is 0 Å². The average molecular weight is 353 g/mol. The maximum absolute atomic E-state index is 13.3. The quantitative estimate of drug-likeness (QED) is 0.826. The summed E-state index contributed by atoms with van der Waals surface area (Å²) in [5.41, 5.74) is 1.79. The molecule has 1 N–H and O–H groups in total. The fraction of sp³-hybridized carbons (Fsp3) is 0.312. The number of aromatic nitrogens is 1. The number of pyridine rings is 1. The van der Waals surface area contributed by atoms with E-state index in [1.807, 2.05) is 32.9 Å². The number of nitrogens with zero attached hydrogens (tertiary/aromatic N) is 1. The van der Waals surface area contributed by atoms with Gasteiger partial charge in [-0.2, -0.15) is 0 Å². The minimum atomic E-state index is -0.267. The van der Waals surface area contributed by atoms with Crippen LogP contribution in [0, 0.1) is 5.82 Å². The highest BCUT2D eigenvalue weighted by Crippen LogP contribution is 2.28. The van der Waals surface area contributed by atoms with Crippen LogP contribution in [0.4, 0.5) is 10.1 Å². The lowest BCUT2D eigenvalue weighted by Gasteiger charge is -2.19. The van der Waals surface area contributed by atoms with Gasteiger partial charge in [0.2, 0.25) is 5.88 Å². The Labute approximate surface area is 132 Å². The Morgan fingerprint density at radius 2 is 2.00 bits per heavy atom. The number of anilines is 1. The van der Waals surface area contributed by atoms with Gasteiger partial charge >= 0.3 is 0 Å². The van der Waals surface area contributed by atoms with E-state index in [4.69, 9.17) is 4.74 Å². The molecule has 0 amide bonds. The topological polar surface area (TPSA) is 34.1 Å². The average Bonchev–Trinajstić information content (AvgIpc) is 2.43. The number of ether oxygens (including phenoxy) is 1. The van der Waals surface area contributed by atoms with Crippen molar-refractivity contribution in [1.29, 1.82) is 0 Å². The Hall–Kier alpha value is -1.62. The van der Waals surface area contributed by atoms with E-state index in [1.54, 1.807) is 18.3 Å². The Kier molecular flexibility index (Phi) is 5.17. The molecule has 1 unspecified atom stereocenters. The first kappa shape index (κ1) is 15.8. The van der Waals surface area contributed by atoms with Gasteiger partial charge in [0.25, 0.3) is 0 Å². The second-order valence-corrected chi connectivity index (χ2v) is 5.92. The molecule has 0 spiro atoms. The molecule has 1 atom stereocenters. The number of benzene rings is 1. The highest BCUT2D eigenvalue weighted by Gasteiger charge is 2.12. The predicted octanol–water partition coefficient (Wildman–Crippen LogP) is 4.94. The van der Waals surface area contributed by atoms with Gasteiger partial charge in [0.05, 0.1) is 16.3 Å². The summed E-state index contributed by atoms with van der Waals surface area (Å²) < 4.78 is 19.4. The molecule has 5 heteroatoms. The van der Waals surface area contributed by atoms with E-state index in [2.05, 4.69) is 26.2 Å².